The monoisotopic (exact) mass is 290 g/mol. The fourth-order valence-electron chi connectivity index (χ4n) is 4.11. The standard InChI is InChI=1S/C17H30N4/c1-2-5-17(16-6-8-18-9-7-16)21(12-3-1)13-4-11-20-14-10-19-15-20/h10,14-18H,1-9,11-13H2. The number of aromatic nitrogens is 2. The highest BCUT2D eigenvalue weighted by atomic mass is 15.2. The summed E-state index contributed by atoms with van der Waals surface area (Å²) < 4.78 is 2.21. The Bertz CT molecular complexity index is 384. The Hall–Kier alpha value is -0.870. The van der Waals surface area contributed by atoms with Crippen LogP contribution in [0.2, 0.25) is 0 Å². The molecule has 0 aromatic carbocycles. The summed E-state index contributed by atoms with van der Waals surface area (Å²) >= 11 is 0. The minimum Gasteiger partial charge on any atom is -0.337 e. The Morgan fingerprint density at radius 3 is 2.76 bits per heavy atom. The third-order valence-electron chi connectivity index (χ3n) is 5.26. The third kappa shape index (κ3) is 4.30. The molecule has 2 fully saturated rings. The minimum atomic E-state index is 0.845. The molecular formula is C17H30N4. The number of aryl methyl sites for hydroxylation is 1. The van der Waals surface area contributed by atoms with E-state index in [9.17, 15) is 0 Å². The summed E-state index contributed by atoms with van der Waals surface area (Å²) in [4.78, 5) is 6.95. The topological polar surface area (TPSA) is 33.1 Å². The van der Waals surface area contributed by atoms with Gasteiger partial charge in [0.1, 0.15) is 0 Å². The van der Waals surface area contributed by atoms with Crippen LogP contribution in [0.15, 0.2) is 18.7 Å². The lowest BCUT2D eigenvalue weighted by atomic mass is 9.87. The van der Waals surface area contributed by atoms with Crippen LogP contribution < -0.4 is 5.32 Å². The largest absolute Gasteiger partial charge is 0.337 e. The van der Waals surface area contributed by atoms with E-state index in [1.807, 2.05) is 12.5 Å². The summed E-state index contributed by atoms with van der Waals surface area (Å²) in [6, 6.07) is 0.845. The van der Waals surface area contributed by atoms with E-state index in [2.05, 4.69) is 26.0 Å². The van der Waals surface area contributed by atoms with Crippen LogP contribution in [0.3, 0.4) is 0 Å². The van der Waals surface area contributed by atoms with Crippen LogP contribution in [0.25, 0.3) is 0 Å². The van der Waals surface area contributed by atoms with E-state index in [1.54, 1.807) is 0 Å². The molecular weight excluding hydrogens is 260 g/mol. The molecule has 21 heavy (non-hydrogen) atoms. The van der Waals surface area contributed by atoms with Gasteiger partial charge < -0.3 is 14.8 Å². The predicted molar refractivity (Wildman–Crippen MR) is 86.3 cm³/mol. The third-order valence-corrected chi connectivity index (χ3v) is 5.26. The van der Waals surface area contributed by atoms with Gasteiger partial charge in [0.05, 0.1) is 6.33 Å². The maximum absolute atomic E-state index is 4.13. The van der Waals surface area contributed by atoms with Gasteiger partial charge in [-0.2, -0.15) is 0 Å². The number of rotatable bonds is 5. The number of likely N-dealkylation sites (tertiary alicyclic amines) is 1. The normalized spacial score (nSPS) is 25.8. The van der Waals surface area contributed by atoms with Crippen molar-refractivity contribution in [3.8, 4) is 0 Å². The van der Waals surface area contributed by atoms with E-state index in [1.165, 1.54) is 71.1 Å². The lowest BCUT2D eigenvalue weighted by molar-refractivity contribution is 0.119. The van der Waals surface area contributed by atoms with Gasteiger partial charge in [-0.15, -0.1) is 0 Å². The molecule has 2 saturated heterocycles. The van der Waals surface area contributed by atoms with Crippen molar-refractivity contribution in [3.63, 3.8) is 0 Å². The lowest BCUT2D eigenvalue weighted by Crippen LogP contribution is -2.44. The average Bonchev–Trinajstić information content (AvgIpc) is 2.93. The van der Waals surface area contributed by atoms with Gasteiger partial charge in [0.2, 0.25) is 0 Å². The summed E-state index contributed by atoms with van der Waals surface area (Å²) in [5, 5.41) is 3.52. The first-order chi connectivity index (χ1) is 10.4. The molecule has 0 bridgehead atoms. The molecule has 0 amide bonds. The van der Waals surface area contributed by atoms with Crippen molar-refractivity contribution >= 4 is 0 Å². The first kappa shape index (κ1) is 15.0. The van der Waals surface area contributed by atoms with Crippen molar-refractivity contribution in [1.82, 2.24) is 19.8 Å². The molecule has 2 aliphatic rings. The van der Waals surface area contributed by atoms with Crippen LogP contribution in [-0.4, -0.2) is 46.7 Å². The van der Waals surface area contributed by atoms with E-state index in [4.69, 9.17) is 0 Å². The minimum absolute atomic E-state index is 0.845. The second-order valence-electron chi connectivity index (χ2n) is 6.69. The maximum atomic E-state index is 4.13. The molecule has 2 aliphatic heterocycles. The van der Waals surface area contributed by atoms with Gasteiger partial charge in [0, 0.05) is 31.5 Å². The predicted octanol–water partition coefficient (Wildman–Crippen LogP) is 2.52. The summed E-state index contributed by atoms with van der Waals surface area (Å²) in [6.45, 7) is 6.13. The van der Waals surface area contributed by atoms with Crippen LogP contribution in [0, 0.1) is 5.92 Å². The number of nitrogens with one attached hydrogen (secondary N) is 1. The van der Waals surface area contributed by atoms with E-state index in [0.717, 1.165) is 18.5 Å². The summed E-state index contributed by atoms with van der Waals surface area (Å²) in [5.74, 6) is 0.928. The summed E-state index contributed by atoms with van der Waals surface area (Å²) in [6.07, 6.45) is 15.6. The molecule has 4 nitrogen and oxygen atoms in total. The smallest absolute Gasteiger partial charge is 0.0945 e. The van der Waals surface area contributed by atoms with Crippen LogP contribution in [0.1, 0.15) is 44.9 Å². The Balaban J connectivity index is 1.53. The number of piperidine rings is 1. The van der Waals surface area contributed by atoms with E-state index >= 15 is 0 Å². The zero-order valence-corrected chi connectivity index (χ0v) is 13.2. The fraction of sp³-hybridized carbons (Fsp3) is 0.824. The molecule has 1 N–H and O–H groups in total. The molecule has 0 saturated carbocycles. The summed E-state index contributed by atoms with van der Waals surface area (Å²) in [5.41, 5.74) is 0. The van der Waals surface area contributed by atoms with E-state index in [-0.39, 0.29) is 0 Å². The fourth-order valence-corrected chi connectivity index (χ4v) is 4.11. The highest BCUT2D eigenvalue weighted by Crippen LogP contribution is 2.28. The molecule has 0 radical (unpaired) electrons. The van der Waals surface area contributed by atoms with E-state index < -0.39 is 0 Å². The van der Waals surface area contributed by atoms with Crippen molar-refractivity contribution < 1.29 is 0 Å². The van der Waals surface area contributed by atoms with Crippen LogP contribution in [0.4, 0.5) is 0 Å². The van der Waals surface area contributed by atoms with Crippen LogP contribution in [-0.2, 0) is 6.54 Å². The van der Waals surface area contributed by atoms with Crippen molar-refractivity contribution in [3.05, 3.63) is 18.7 Å². The molecule has 1 aromatic heterocycles. The molecule has 0 aliphatic carbocycles. The SMILES string of the molecule is c1cn(CCCN2CCCCCC2C2CCNCC2)cn1. The molecule has 1 aromatic rings. The molecule has 0 spiro atoms. The van der Waals surface area contributed by atoms with Crippen LogP contribution in [0.5, 0.6) is 0 Å². The highest BCUT2D eigenvalue weighted by Gasteiger charge is 2.29. The Kier molecular flexibility index (Phi) is 5.69. The number of nitrogens with zero attached hydrogens (tertiary/aromatic N) is 3. The molecule has 118 valence electrons. The van der Waals surface area contributed by atoms with Gasteiger partial charge in [-0.25, -0.2) is 4.98 Å². The van der Waals surface area contributed by atoms with Crippen molar-refractivity contribution in [2.45, 2.75) is 57.5 Å². The quantitative estimate of drug-likeness (QED) is 0.904. The number of hydrogen-bond acceptors (Lipinski definition) is 3. The first-order valence-electron chi connectivity index (χ1n) is 8.84. The highest BCUT2D eigenvalue weighted by molar-refractivity contribution is 4.85. The van der Waals surface area contributed by atoms with Gasteiger partial charge >= 0.3 is 0 Å². The molecule has 3 rings (SSSR count). The lowest BCUT2D eigenvalue weighted by Gasteiger charge is -2.38. The Morgan fingerprint density at radius 2 is 1.95 bits per heavy atom. The zero-order chi connectivity index (χ0) is 14.3. The molecule has 1 atom stereocenters. The summed E-state index contributed by atoms with van der Waals surface area (Å²) in [7, 11) is 0. The number of hydrogen-bond donors (Lipinski definition) is 1. The zero-order valence-electron chi connectivity index (χ0n) is 13.2. The van der Waals surface area contributed by atoms with E-state index in [0.29, 0.717) is 0 Å². The van der Waals surface area contributed by atoms with Gasteiger partial charge in [0.25, 0.3) is 0 Å². The Morgan fingerprint density at radius 1 is 1.05 bits per heavy atom. The molecule has 4 heteroatoms. The van der Waals surface area contributed by atoms with Gasteiger partial charge in [-0.05, 0) is 57.7 Å². The average molecular weight is 290 g/mol. The second kappa shape index (κ2) is 7.95. The van der Waals surface area contributed by atoms with Crippen molar-refractivity contribution in [1.29, 1.82) is 0 Å². The van der Waals surface area contributed by atoms with Crippen LogP contribution >= 0.6 is 0 Å². The number of imidazole rings is 1. The second-order valence-corrected chi connectivity index (χ2v) is 6.69. The van der Waals surface area contributed by atoms with Crippen molar-refractivity contribution in [2.75, 3.05) is 26.2 Å². The van der Waals surface area contributed by atoms with Gasteiger partial charge in [0.15, 0.2) is 0 Å². The Labute approximate surface area is 128 Å². The van der Waals surface area contributed by atoms with Gasteiger partial charge in [-0.3, -0.25) is 0 Å². The van der Waals surface area contributed by atoms with Gasteiger partial charge in [-0.1, -0.05) is 12.8 Å². The molecule has 1 unspecified atom stereocenters. The molecule has 3 heterocycles. The maximum Gasteiger partial charge on any atom is 0.0945 e. The first-order valence-corrected chi connectivity index (χ1v) is 8.84. The van der Waals surface area contributed by atoms with Crippen molar-refractivity contribution in [2.24, 2.45) is 5.92 Å².